The van der Waals surface area contributed by atoms with Crippen LogP contribution in [-0.2, 0) is 27.4 Å². The van der Waals surface area contributed by atoms with Crippen molar-refractivity contribution in [3.63, 3.8) is 0 Å². The number of hydrogen-bond donors (Lipinski definition) is 3. The number of ether oxygens (including phenoxy) is 2. The number of carbonyl (C=O) groups excluding carboxylic acids is 1. The lowest BCUT2D eigenvalue weighted by Gasteiger charge is -2.26. The predicted molar refractivity (Wildman–Crippen MR) is 124 cm³/mol. The molecule has 10 heteroatoms. The second-order valence-electron chi connectivity index (χ2n) is 7.60. The Kier molecular flexibility index (Phi) is 9.96. The highest BCUT2D eigenvalue weighted by Gasteiger charge is 2.21. The number of nitrogens with two attached hydrogens (primary N) is 1. The van der Waals surface area contributed by atoms with E-state index in [0.29, 0.717) is 19.6 Å². The van der Waals surface area contributed by atoms with E-state index in [1.807, 2.05) is 44.2 Å². The minimum absolute atomic E-state index is 0.00938. The summed E-state index contributed by atoms with van der Waals surface area (Å²) in [5.74, 6) is -0.274. The van der Waals surface area contributed by atoms with Crippen LogP contribution in [0.4, 0.5) is 11.5 Å². The van der Waals surface area contributed by atoms with Crippen molar-refractivity contribution in [3.05, 3.63) is 56.7 Å². The number of anilines is 2. The molecule has 0 aliphatic heterocycles. The molecule has 0 radical (unpaired) electrons. The lowest BCUT2D eigenvalue weighted by atomic mass is 10.2. The van der Waals surface area contributed by atoms with Crippen LogP contribution in [0.1, 0.15) is 25.8 Å². The van der Waals surface area contributed by atoms with Crippen LogP contribution in [0.15, 0.2) is 39.9 Å². The van der Waals surface area contributed by atoms with Crippen molar-refractivity contribution < 1.29 is 14.3 Å². The van der Waals surface area contributed by atoms with Gasteiger partial charge in [0, 0.05) is 26.8 Å². The number of benzene rings is 1. The van der Waals surface area contributed by atoms with Gasteiger partial charge in [-0.2, -0.15) is 0 Å². The summed E-state index contributed by atoms with van der Waals surface area (Å²) in [6, 6.07) is 9.40. The second-order valence-corrected chi connectivity index (χ2v) is 7.60. The molecule has 0 aliphatic rings. The fourth-order valence-corrected chi connectivity index (χ4v) is 3.15. The van der Waals surface area contributed by atoms with Crippen molar-refractivity contribution in [2.24, 2.45) is 0 Å². The number of hydrogen-bond acceptors (Lipinski definition) is 7. The normalized spacial score (nSPS) is 11.0. The number of carbonyl (C=O) groups is 1. The van der Waals surface area contributed by atoms with Gasteiger partial charge in [-0.15, -0.1) is 0 Å². The van der Waals surface area contributed by atoms with Crippen LogP contribution in [0.3, 0.4) is 0 Å². The number of H-pyrrole nitrogens is 1. The van der Waals surface area contributed by atoms with E-state index in [1.165, 1.54) is 11.7 Å². The van der Waals surface area contributed by atoms with Crippen molar-refractivity contribution >= 4 is 17.4 Å². The molecule has 0 fully saturated rings. The van der Waals surface area contributed by atoms with Gasteiger partial charge in [-0.05, 0) is 25.8 Å². The van der Waals surface area contributed by atoms with Gasteiger partial charge in [-0.25, -0.2) is 4.79 Å². The molecule has 0 bridgehead atoms. The summed E-state index contributed by atoms with van der Waals surface area (Å²) in [5.41, 5.74) is 5.92. The zero-order valence-electron chi connectivity index (χ0n) is 18.9. The standard InChI is InChI=1S/C22H33N5O5/c1-16(2)32-12-7-10-24-18(28)15-26(14-17-8-5-4-6-9-17)19-20(23)27(11-13-31-3)22(30)25-21(19)29/h4-6,8-9,16H,7,10-15,23H2,1-3H3,(H,24,28)(H,25,29,30). The maximum absolute atomic E-state index is 12.7. The Morgan fingerprint density at radius 2 is 1.94 bits per heavy atom. The Morgan fingerprint density at radius 1 is 1.22 bits per heavy atom. The van der Waals surface area contributed by atoms with E-state index in [0.717, 1.165) is 5.56 Å². The molecule has 2 rings (SSSR count). The van der Waals surface area contributed by atoms with Gasteiger partial charge in [0.2, 0.25) is 5.91 Å². The van der Waals surface area contributed by atoms with Crippen LogP contribution in [0.2, 0.25) is 0 Å². The first-order chi connectivity index (χ1) is 15.3. The maximum Gasteiger partial charge on any atom is 0.330 e. The molecule has 1 aromatic carbocycles. The molecule has 0 aliphatic carbocycles. The van der Waals surface area contributed by atoms with Gasteiger partial charge in [0.25, 0.3) is 5.56 Å². The number of aromatic amines is 1. The first-order valence-electron chi connectivity index (χ1n) is 10.6. The summed E-state index contributed by atoms with van der Waals surface area (Å²) >= 11 is 0. The minimum atomic E-state index is -0.643. The van der Waals surface area contributed by atoms with E-state index in [2.05, 4.69) is 10.3 Å². The molecule has 32 heavy (non-hydrogen) atoms. The largest absolute Gasteiger partial charge is 0.383 e. The van der Waals surface area contributed by atoms with E-state index in [4.69, 9.17) is 15.2 Å². The van der Waals surface area contributed by atoms with E-state index < -0.39 is 11.2 Å². The third-order valence-corrected chi connectivity index (χ3v) is 4.69. The molecule has 4 N–H and O–H groups in total. The summed E-state index contributed by atoms with van der Waals surface area (Å²) in [5, 5.41) is 2.84. The molecule has 0 saturated carbocycles. The quantitative estimate of drug-likeness (QED) is 0.385. The molecular weight excluding hydrogens is 414 g/mol. The van der Waals surface area contributed by atoms with Gasteiger partial charge in [-0.1, -0.05) is 30.3 Å². The smallest absolute Gasteiger partial charge is 0.330 e. The Morgan fingerprint density at radius 3 is 2.59 bits per heavy atom. The molecule has 10 nitrogen and oxygen atoms in total. The maximum atomic E-state index is 12.7. The summed E-state index contributed by atoms with van der Waals surface area (Å²) in [4.78, 5) is 41.4. The van der Waals surface area contributed by atoms with Crippen LogP contribution < -0.4 is 27.2 Å². The van der Waals surface area contributed by atoms with Gasteiger partial charge < -0.3 is 25.4 Å². The number of nitrogens with one attached hydrogen (secondary N) is 2. The summed E-state index contributed by atoms with van der Waals surface area (Å²) < 4.78 is 11.7. The zero-order chi connectivity index (χ0) is 23.5. The third-order valence-electron chi connectivity index (χ3n) is 4.69. The van der Waals surface area contributed by atoms with E-state index in [9.17, 15) is 14.4 Å². The Balaban J connectivity index is 2.25. The van der Waals surface area contributed by atoms with Crippen LogP contribution in [0.25, 0.3) is 0 Å². The van der Waals surface area contributed by atoms with Gasteiger partial charge in [0.15, 0.2) is 0 Å². The average Bonchev–Trinajstić information content (AvgIpc) is 2.73. The van der Waals surface area contributed by atoms with Gasteiger partial charge >= 0.3 is 5.69 Å². The van der Waals surface area contributed by atoms with Crippen molar-refractivity contribution in [3.8, 4) is 0 Å². The molecule has 0 spiro atoms. The van der Waals surface area contributed by atoms with Crippen molar-refractivity contribution in [2.75, 3.05) is 44.0 Å². The van der Waals surface area contributed by atoms with Crippen LogP contribution >= 0.6 is 0 Å². The number of methoxy groups -OCH3 is 1. The van der Waals surface area contributed by atoms with Crippen LogP contribution in [-0.4, -0.2) is 55.0 Å². The topological polar surface area (TPSA) is 132 Å². The minimum Gasteiger partial charge on any atom is -0.383 e. The third kappa shape index (κ3) is 7.54. The molecule has 1 heterocycles. The fourth-order valence-electron chi connectivity index (χ4n) is 3.15. The number of aromatic nitrogens is 2. The van der Waals surface area contributed by atoms with Gasteiger partial charge in [-0.3, -0.25) is 19.1 Å². The number of nitrogens with zero attached hydrogens (tertiary/aromatic N) is 2. The SMILES string of the molecule is COCCn1c(N)c(N(CC(=O)NCCCOC(C)C)Cc2ccccc2)c(=O)[nH]c1=O. The van der Waals surface area contributed by atoms with Crippen molar-refractivity contribution in [1.29, 1.82) is 0 Å². The molecular formula is C22H33N5O5. The molecule has 1 amide bonds. The molecule has 2 aromatic rings. The summed E-state index contributed by atoms with van der Waals surface area (Å²) in [6.07, 6.45) is 0.809. The highest BCUT2D eigenvalue weighted by atomic mass is 16.5. The lowest BCUT2D eigenvalue weighted by molar-refractivity contribution is -0.119. The number of rotatable bonds is 13. The van der Waals surface area contributed by atoms with E-state index >= 15 is 0 Å². The molecule has 176 valence electrons. The Bertz CT molecular complexity index is 971. The van der Waals surface area contributed by atoms with E-state index in [-0.39, 0.29) is 49.8 Å². The van der Waals surface area contributed by atoms with Gasteiger partial charge in [0.1, 0.15) is 11.5 Å². The average molecular weight is 448 g/mol. The van der Waals surface area contributed by atoms with Crippen LogP contribution in [0.5, 0.6) is 0 Å². The first-order valence-corrected chi connectivity index (χ1v) is 10.6. The van der Waals surface area contributed by atoms with Crippen LogP contribution in [0, 0.1) is 0 Å². The summed E-state index contributed by atoms with van der Waals surface area (Å²) in [7, 11) is 1.51. The second kappa shape index (κ2) is 12.7. The van der Waals surface area contributed by atoms with Crippen molar-refractivity contribution in [1.82, 2.24) is 14.9 Å². The predicted octanol–water partition coefficient (Wildman–Crippen LogP) is 0.703. The summed E-state index contributed by atoms with van der Waals surface area (Å²) in [6.45, 7) is 5.48. The molecule has 1 aromatic heterocycles. The Hall–Kier alpha value is -3.11. The zero-order valence-corrected chi connectivity index (χ0v) is 18.9. The van der Waals surface area contributed by atoms with Crippen molar-refractivity contribution in [2.45, 2.75) is 39.5 Å². The monoisotopic (exact) mass is 447 g/mol. The lowest BCUT2D eigenvalue weighted by Crippen LogP contribution is -2.43. The molecule has 0 atom stereocenters. The van der Waals surface area contributed by atoms with E-state index in [1.54, 1.807) is 4.90 Å². The first kappa shape index (κ1) is 25.2. The number of amides is 1. The fraction of sp³-hybridized carbons (Fsp3) is 0.500. The highest BCUT2D eigenvalue weighted by Crippen LogP contribution is 2.19. The molecule has 0 saturated heterocycles. The highest BCUT2D eigenvalue weighted by molar-refractivity contribution is 5.82. The number of nitrogen functional groups attached to an aromatic ring is 1. The molecule has 0 unspecified atom stereocenters. The van der Waals surface area contributed by atoms with Gasteiger partial charge in [0.05, 0.1) is 25.8 Å². The Labute approximate surface area is 187 Å².